The Bertz CT molecular complexity index is 115. The standard InChI is InChI=1S/3C4H9.H3O3P.Sn/c3*1-3-4-2;1-4(2)3;/h3*1,3-4H2,2H3;1-3H;. The van der Waals surface area contributed by atoms with E-state index in [0.717, 1.165) is 0 Å². The van der Waals surface area contributed by atoms with Crippen LogP contribution in [0.25, 0.3) is 0 Å². The van der Waals surface area contributed by atoms with Crippen molar-refractivity contribution in [2.75, 3.05) is 0 Å². The Labute approximate surface area is 115 Å². The molecule has 0 aromatic heterocycles. The van der Waals surface area contributed by atoms with Gasteiger partial charge in [-0.2, -0.15) is 0 Å². The molecule has 0 rings (SSSR count). The van der Waals surface area contributed by atoms with Crippen LogP contribution in [0, 0.1) is 0 Å². The van der Waals surface area contributed by atoms with E-state index in [9.17, 15) is 0 Å². The molecule has 3 nitrogen and oxygen atoms in total. The summed E-state index contributed by atoms with van der Waals surface area (Å²) in [6.45, 7) is 7.00. The van der Waals surface area contributed by atoms with Crippen LogP contribution in [0.15, 0.2) is 0 Å². The summed E-state index contributed by atoms with van der Waals surface area (Å²) in [5.74, 6) is 0. The van der Waals surface area contributed by atoms with Crippen molar-refractivity contribution in [1.82, 2.24) is 0 Å². The first-order valence-electron chi connectivity index (χ1n) is 6.78. The summed E-state index contributed by atoms with van der Waals surface area (Å²) in [4.78, 5) is 21.7. The quantitative estimate of drug-likeness (QED) is 0.423. The van der Waals surface area contributed by atoms with Gasteiger partial charge < -0.3 is 14.7 Å². The van der Waals surface area contributed by atoms with Gasteiger partial charge in [0.2, 0.25) is 0 Å². The molecule has 0 atom stereocenters. The second kappa shape index (κ2) is 17.1. The third-order valence-corrected chi connectivity index (χ3v) is 11.7. The molecule has 0 aromatic rings. The minimum Gasteiger partial charge on any atom is -0.328 e. The van der Waals surface area contributed by atoms with Gasteiger partial charge in [-0.15, -0.1) is 0 Å². The molecule has 105 valence electrons. The summed E-state index contributed by atoms with van der Waals surface area (Å²) >= 11 is -0.839. The van der Waals surface area contributed by atoms with Gasteiger partial charge in [-0.05, 0) is 0 Å². The van der Waals surface area contributed by atoms with Gasteiger partial charge in [-0.25, -0.2) is 0 Å². The van der Waals surface area contributed by atoms with E-state index in [0.29, 0.717) is 0 Å². The van der Waals surface area contributed by atoms with Crippen LogP contribution in [-0.2, 0) is 0 Å². The van der Waals surface area contributed by atoms with Crippen LogP contribution < -0.4 is 0 Å². The number of hydrogen-bond acceptors (Lipinski definition) is 3. The summed E-state index contributed by atoms with van der Waals surface area (Å²) < 4.78 is 5.04. The van der Waals surface area contributed by atoms with E-state index in [1.807, 2.05) is 0 Å². The summed E-state index contributed by atoms with van der Waals surface area (Å²) in [6.07, 6.45) is 8.85. The fourth-order valence-corrected chi connectivity index (χ4v) is 11.1. The summed E-state index contributed by atoms with van der Waals surface area (Å²) in [5, 5.41) is 0. The summed E-state index contributed by atoms with van der Waals surface area (Å²) in [6, 6.07) is 0. The molecule has 0 unspecified atom stereocenters. The molecule has 0 bridgehead atoms. The first-order valence-corrected chi connectivity index (χ1v) is 14.0. The zero-order chi connectivity index (χ0) is 13.5. The van der Waals surface area contributed by atoms with Crippen LogP contribution >= 0.6 is 8.60 Å². The van der Waals surface area contributed by atoms with Crippen molar-refractivity contribution < 1.29 is 14.7 Å². The van der Waals surface area contributed by atoms with E-state index >= 15 is 0 Å². The van der Waals surface area contributed by atoms with E-state index in [-0.39, 0.29) is 0 Å². The Kier molecular flexibility index (Phi) is 20.6. The molecule has 3 N–H and O–H groups in total. The van der Waals surface area contributed by atoms with Crippen molar-refractivity contribution in [1.29, 1.82) is 0 Å². The van der Waals surface area contributed by atoms with Crippen molar-refractivity contribution >= 4 is 28.4 Å². The Morgan fingerprint density at radius 2 is 0.941 bits per heavy atom. The molecule has 0 spiro atoms. The van der Waals surface area contributed by atoms with E-state index < -0.39 is 28.4 Å². The van der Waals surface area contributed by atoms with Gasteiger partial charge in [-0.1, -0.05) is 0 Å². The van der Waals surface area contributed by atoms with Crippen molar-refractivity contribution in [2.24, 2.45) is 0 Å². The molecule has 17 heavy (non-hydrogen) atoms. The zero-order valence-corrected chi connectivity index (χ0v) is 15.4. The van der Waals surface area contributed by atoms with Gasteiger partial charge in [0.1, 0.15) is 0 Å². The molecule has 5 heteroatoms. The predicted octanol–water partition coefficient (Wildman–Crippen LogP) is 4.07. The zero-order valence-electron chi connectivity index (χ0n) is 11.7. The monoisotopic (exact) mass is 373 g/mol. The first kappa shape index (κ1) is 20.4. The van der Waals surface area contributed by atoms with Gasteiger partial charge in [0.05, 0.1) is 0 Å². The van der Waals surface area contributed by atoms with Crippen LogP contribution in [0.3, 0.4) is 0 Å². The SMILES string of the molecule is CCC[CH2][Sn]([CH2]CCC)[CH2]CCC.OP(O)O. The van der Waals surface area contributed by atoms with Crippen LogP contribution in [0.5, 0.6) is 0 Å². The van der Waals surface area contributed by atoms with E-state index in [1.165, 1.54) is 38.5 Å². The van der Waals surface area contributed by atoms with Crippen LogP contribution in [0.2, 0.25) is 13.3 Å². The third kappa shape index (κ3) is 22.7. The fraction of sp³-hybridized carbons (Fsp3) is 1.00. The molecule has 0 aliphatic carbocycles. The van der Waals surface area contributed by atoms with Gasteiger partial charge >= 0.3 is 101 Å². The number of hydrogen-bond donors (Lipinski definition) is 3. The maximum Gasteiger partial charge on any atom is 0.324 e. The normalized spacial score (nSPS) is 10.6. The molecule has 0 aliphatic rings. The summed E-state index contributed by atoms with van der Waals surface area (Å²) in [5.41, 5.74) is 0. The smallest absolute Gasteiger partial charge is 0.324 e. The molecule has 0 saturated heterocycles. The second-order valence-electron chi connectivity index (χ2n) is 4.33. The van der Waals surface area contributed by atoms with Gasteiger partial charge in [0, 0.05) is 0 Å². The Morgan fingerprint density at radius 3 is 1.12 bits per heavy atom. The molecule has 0 heterocycles. The van der Waals surface area contributed by atoms with Crippen molar-refractivity contribution in [3.05, 3.63) is 0 Å². The topological polar surface area (TPSA) is 60.7 Å². The molecule has 0 aromatic carbocycles. The Hall–Kier alpha value is 1.11. The van der Waals surface area contributed by atoms with E-state index in [1.54, 1.807) is 13.3 Å². The number of rotatable bonds is 9. The first-order chi connectivity index (χ1) is 8.08. The van der Waals surface area contributed by atoms with Crippen LogP contribution in [-0.4, -0.2) is 34.4 Å². The largest absolute Gasteiger partial charge is 0.328 e. The molecule has 0 saturated carbocycles. The van der Waals surface area contributed by atoms with Crippen LogP contribution in [0.1, 0.15) is 59.3 Å². The molecular weight excluding hydrogens is 342 g/mol. The Balaban J connectivity index is 0. The van der Waals surface area contributed by atoms with Gasteiger partial charge in [0.15, 0.2) is 0 Å². The molecule has 0 fully saturated rings. The maximum absolute atomic E-state index is 7.23. The average molecular weight is 372 g/mol. The van der Waals surface area contributed by atoms with Crippen molar-refractivity contribution in [3.63, 3.8) is 0 Å². The fourth-order valence-electron chi connectivity index (χ4n) is 1.66. The molecule has 1 radical (unpaired) electrons. The van der Waals surface area contributed by atoms with E-state index in [2.05, 4.69) is 20.8 Å². The van der Waals surface area contributed by atoms with Gasteiger partial charge in [-0.3, -0.25) is 0 Å². The predicted molar refractivity (Wildman–Crippen MR) is 78.5 cm³/mol. The Morgan fingerprint density at radius 1 is 0.706 bits per heavy atom. The molecular formula is C12H30O3PSn. The van der Waals surface area contributed by atoms with Crippen molar-refractivity contribution in [2.45, 2.75) is 72.6 Å². The number of unbranched alkanes of at least 4 members (excludes halogenated alkanes) is 3. The molecule has 0 aliphatic heterocycles. The third-order valence-electron chi connectivity index (χ3n) is 2.65. The van der Waals surface area contributed by atoms with E-state index in [4.69, 9.17) is 14.7 Å². The maximum atomic E-state index is 7.23. The molecule has 0 amide bonds. The average Bonchev–Trinajstić information content (AvgIpc) is 2.27. The second-order valence-corrected chi connectivity index (χ2v) is 13.4. The summed E-state index contributed by atoms with van der Waals surface area (Å²) in [7, 11) is -2.62. The minimum absolute atomic E-state index is 0.839. The van der Waals surface area contributed by atoms with Gasteiger partial charge in [0.25, 0.3) is 0 Å². The minimum atomic E-state index is -2.62. The van der Waals surface area contributed by atoms with Crippen LogP contribution in [0.4, 0.5) is 0 Å². The van der Waals surface area contributed by atoms with Crippen molar-refractivity contribution in [3.8, 4) is 0 Å².